The molecule has 2 aliphatic rings. The lowest BCUT2D eigenvalue weighted by atomic mass is 9.93. The first-order valence-electron chi connectivity index (χ1n) is 8.05. The van der Waals surface area contributed by atoms with Crippen molar-refractivity contribution in [3.05, 3.63) is 29.8 Å². The lowest BCUT2D eigenvalue weighted by Gasteiger charge is -2.26. The van der Waals surface area contributed by atoms with Crippen LogP contribution in [0.25, 0.3) is 0 Å². The second-order valence-corrected chi connectivity index (χ2v) is 7.16. The minimum absolute atomic E-state index is 0.211. The zero-order valence-electron chi connectivity index (χ0n) is 12.4. The van der Waals surface area contributed by atoms with Gasteiger partial charge in [0.2, 0.25) is 5.91 Å². The van der Waals surface area contributed by atoms with Gasteiger partial charge in [0, 0.05) is 17.1 Å². The van der Waals surface area contributed by atoms with Crippen LogP contribution in [-0.2, 0) is 4.79 Å². The van der Waals surface area contributed by atoms with E-state index in [0.29, 0.717) is 6.42 Å². The van der Waals surface area contributed by atoms with Crippen molar-refractivity contribution in [3.8, 4) is 0 Å². The number of hydrogen-bond donors (Lipinski definition) is 2. The average Bonchev–Trinajstić information content (AvgIpc) is 2.54. The smallest absolute Gasteiger partial charge is 0.220 e. The molecule has 0 spiro atoms. The van der Waals surface area contributed by atoms with Crippen LogP contribution in [0.5, 0.6) is 0 Å². The van der Waals surface area contributed by atoms with Crippen LogP contribution in [0.15, 0.2) is 29.2 Å². The molecule has 2 aliphatic heterocycles. The van der Waals surface area contributed by atoms with Gasteiger partial charge >= 0.3 is 0 Å². The van der Waals surface area contributed by atoms with E-state index in [9.17, 15) is 4.79 Å². The van der Waals surface area contributed by atoms with E-state index in [4.69, 9.17) is 0 Å². The highest BCUT2D eigenvalue weighted by Crippen LogP contribution is 2.35. The summed E-state index contributed by atoms with van der Waals surface area (Å²) >= 11 is 1.90. The van der Waals surface area contributed by atoms with Crippen LogP contribution in [0.2, 0.25) is 0 Å². The van der Waals surface area contributed by atoms with Crippen LogP contribution in [0.4, 0.5) is 0 Å². The van der Waals surface area contributed by atoms with Crippen molar-refractivity contribution in [1.29, 1.82) is 0 Å². The zero-order valence-corrected chi connectivity index (χ0v) is 13.3. The van der Waals surface area contributed by atoms with Crippen LogP contribution in [0, 0.1) is 5.92 Å². The number of hydrogen-bond acceptors (Lipinski definition) is 3. The molecule has 0 aromatic heterocycles. The second-order valence-electron chi connectivity index (χ2n) is 6.03. The number of amides is 1. The molecule has 114 valence electrons. The Morgan fingerprint density at radius 3 is 2.90 bits per heavy atom. The minimum atomic E-state index is 0.211. The standard InChI is InChI=1S/C17H24N2OS/c20-17(6-5-13-7-10-18-11-8-13)19-15-9-12-21-16-4-2-1-3-14(15)16/h1-4,13,15,18H,5-12H2,(H,19,20). The summed E-state index contributed by atoms with van der Waals surface area (Å²) in [4.78, 5) is 13.6. The van der Waals surface area contributed by atoms with E-state index in [2.05, 4.69) is 34.9 Å². The Kier molecular flexibility index (Phi) is 5.20. The molecule has 21 heavy (non-hydrogen) atoms. The van der Waals surface area contributed by atoms with Crippen molar-refractivity contribution >= 4 is 17.7 Å². The van der Waals surface area contributed by atoms with Crippen molar-refractivity contribution in [3.63, 3.8) is 0 Å². The summed E-state index contributed by atoms with van der Waals surface area (Å²) in [5, 5.41) is 6.62. The van der Waals surface area contributed by atoms with Crippen molar-refractivity contribution in [1.82, 2.24) is 10.6 Å². The van der Waals surface area contributed by atoms with E-state index in [1.165, 1.54) is 23.3 Å². The van der Waals surface area contributed by atoms with Crippen LogP contribution in [0.3, 0.4) is 0 Å². The van der Waals surface area contributed by atoms with E-state index in [1.54, 1.807) is 0 Å². The molecule has 1 amide bonds. The van der Waals surface area contributed by atoms with Crippen molar-refractivity contribution < 1.29 is 4.79 Å². The SMILES string of the molecule is O=C(CCC1CCNCC1)NC1CCSc2ccccc21. The largest absolute Gasteiger partial charge is 0.349 e. The number of rotatable bonds is 4. The molecule has 1 atom stereocenters. The van der Waals surface area contributed by atoms with Gasteiger partial charge in [0.25, 0.3) is 0 Å². The van der Waals surface area contributed by atoms with Crippen molar-refractivity contribution in [2.45, 2.75) is 43.0 Å². The Morgan fingerprint density at radius 1 is 1.24 bits per heavy atom. The topological polar surface area (TPSA) is 41.1 Å². The Hall–Kier alpha value is -1.00. The van der Waals surface area contributed by atoms with Gasteiger partial charge in [-0.05, 0) is 56.3 Å². The maximum atomic E-state index is 12.2. The minimum Gasteiger partial charge on any atom is -0.349 e. The number of piperidine rings is 1. The monoisotopic (exact) mass is 304 g/mol. The van der Waals surface area contributed by atoms with Crippen LogP contribution >= 0.6 is 11.8 Å². The summed E-state index contributed by atoms with van der Waals surface area (Å²) in [5.74, 6) is 2.04. The fourth-order valence-corrected chi connectivity index (χ4v) is 4.39. The summed E-state index contributed by atoms with van der Waals surface area (Å²) in [6.07, 6.45) is 5.19. The number of nitrogens with one attached hydrogen (secondary N) is 2. The number of carbonyl (C=O) groups is 1. The summed E-state index contributed by atoms with van der Waals surface area (Å²) in [7, 11) is 0. The lowest BCUT2D eigenvalue weighted by molar-refractivity contribution is -0.122. The second kappa shape index (κ2) is 7.32. The van der Waals surface area contributed by atoms with E-state index in [0.717, 1.165) is 37.6 Å². The highest BCUT2D eigenvalue weighted by Gasteiger charge is 2.22. The van der Waals surface area contributed by atoms with Gasteiger partial charge in [0.1, 0.15) is 0 Å². The fraction of sp³-hybridized carbons (Fsp3) is 0.588. The summed E-state index contributed by atoms with van der Waals surface area (Å²) in [6, 6.07) is 8.67. The first-order chi connectivity index (χ1) is 10.3. The van der Waals surface area contributed by atoms with E-state index in [-0.39, 0.29) is 11.9 Å². The Morgan fingerprint density at radius 2 is 2.05 bits per heavy atom. The van der Waals surface area contributed by atoms with E-state index < -0.39 is 0 Å². The summed E-state index contributed by atoms with van der Waals surface area (Å²) < 4.78 is 0. The Labute approximate surface area is 131 Å². The molecular formula is C17H24N2OS. The molecule has 2 heterocycles. The number of fused-ring (bicyclic) bond motifs is 1. The van der Waals surface area contributed by atoms with Gasteiger partial charge in [-0.1, -0.05) is 18.2 Å². The third-order valence-electron chi connectivity index (χ3n) is 4.53. The van der Waals surface area contributed by atoms with Crippen LogP contribution in [0.1, 0.15) is 43.7 Å². The zero-order chi connectivity index (χ0) is 14.5. The maximum absolute atomic E-state index is 12.2. The summed E-state index contributed by atoms with van der Waals surface area (Å²) in [6.45, 7) is 2.22. The number of carbonyl (C=O) groups excluding carboxylic acids is 1. The third kappa shape index (κ3) is 4.01. The fourth-order valence-electron chi connectivity index (χ4n) is 3.26. The number of benzene rings is 1. The quantitative estimate of drug-likeness (QED) is 0.898. The maximum Gasteiger partial charge on any atom is 0.220 e. The molecule has 4 heteroatoms. The van der Waals surface area contributed by atoms with E-state index in [1.807, 2.05) is 11.8 Å². The molecule has 1 saturated heterocycles. The van der Waals surface area contributed by atoms with Gasteiger partial charge in [-0.2, -0.15) is 0 Å². The first-order valence-corrected chi connectivity index (χ1v) is 9.03. The normalized spacial score (nSPS) is 22.6. The van der Waals surface area contributed by atoms with Gasteiger partial charge in [-0.3, -0.25) is 4.79 Å². The molecule has 1 unspecified atom stereocenters. The van der Waals surface area contributed by atoms with Crippen LogP contribution in [-0.4, -0.2) is 24.7 Å². The van der Waals surface area contributed by atoms with Gasteiger partial charge in [0.15, 0.2) is 0 Å². The molecule has 0 bridgehead atoms. The van der Waals surface area contributed by atoms with Gasteiger partial charge in [-0.15, -0.1) is 11.8 Å². The molecule has 3 nitrogen and oxygen atoms in total. The van der Waals surface area contributed by atoms with Gasteiger partial charge in [-0.25, -0.2) is 0 Å². The van der Waals surface area contributed by atoms with Crippen molar-refractivity contribution in [2.24, 2.45) is 5.92 Å². The third-order valence-corrected chi connectivity index (χ3v) is 5.65. The molecular weight excluding hydrogens is 280 g/mol. The van der Waals surface area contributed by atoms with E-state index >= 15 is 0 Å². The summed E-state index contributed by atoms with van der Waals surface area (Å²) in [5.41, 5.74) is 1.30. The Bertz CT molecular complexity index is 485. The molecule has 3 rings (SSSR count). The number of thioether (sulfide) groups is 1. The molecule has 1 fully saturated rings. The first kappa shape index (κ1) is 14.9. The predicted molar refractivity (Wildman–Crippen MR) is 87.5 cm³/mol. The highest BCUT2D eigenvalue weighted by molar-refractivity contribution is 7.99. The van der Waals surface area contributed by atoms with Gasteiger partial charge in [0.05, 0.1) is 6.04 Å². The predicted octanol–water partition coefficient (Wildman–Crippen LogP) is 3.12. The highest BCUT2D eigenvalue weighted by atomic mass is 32.2. The molecule has 0 saturated carbocycles. The molecule has 0 aliphatic carbocycles. The van der Waals surface area contributed by atoms with Gasteiger partial charge < -0.3 is 10.6 Å². The molecule has 0 radical (unpaired) electrons. The lowest BCUT2D eigenvalue weighted by Crippen LogP contribution is -2.32. The molecule has 1 aromatic rings. The Balaban J connectivity index is 1.51. The molecule has 1 aromatic carbocycles. The van der Waals surface area contributed by atoms with Crippen LogP contribution < -0.4 is 10.6 Å². The average molecular weight is 304 g/mol. The molecule has 2 N–H and O–H groups in total. The van der Waals surface area contributed by atoms with Crippen molar-refractivity contribution in [2.75, 3.05) is 18.8 Å².